The van der Waals surface area contributed by atoms with Crippen molar-refractivity contribution in [3.05, 3.63) is 34.9 Å². The molecule has 1 unspecified atom stereocenters. The molecule has 0 heterocycles. The van der Waals surface area contributed by atoms with Gasteiger partial charge in [-0.1, -0.05) is 32.0 Å². The molecule has 0 aliphatic carbocycles. The van der Waals surface area contributed by atoms with Crippen molar-refractivity contribution in [3.63, 3.8) is 0 Å². The number of ketones is 2. The van der Waals surface area contributed by atoms with E-state index in [1.165, 1.54) is 0 Å². The smallest absolute Gasteiger partial charge is 0.170 e. The van der Waals surface area contributed by atoms with Gasteiger partial charge in [-0.2, -0.15) is 0 Å². The van der Waals surface area contributed by atoms with Crippen molar-refractivity contribution in [1.29, 1.82) is 0 Å². The summed E-state index contributed by atoms with van der Waals surface area (Å²) in [6.07, 6.45) is 0.819. The van der Waals surface area contributed by atoms with Crippen molar-refractivity contribution in [3.8, 4) is 0 Å². The molecule has 0 fully saturated rings. The highest BCUT2D eigenvalue weighted by molar-refractivity contribution is 6.09. The van der Waals surface area contributed by atoms with Gasteiger partial charge < -0.3 is 0 Å². The summed E-state index contributed by atoms with van der Waals surface area (Å²) >= 11 is 0. The van der Waals surface area contributed by atoms with Crippen LogP contribution in [-0.2, 0) is 4.79 Å². The molecule has 0 aliphatic heterocycles. The average molecular weight is 232 g/mol. The van der Waals surface area contributed by atoms with Gasteiger partial charge in [0.05, 0.1) is 6.42 Å². The molecule has 92 valence electrons. The second-order valence-electron chi connectivity index (χ2n) is 4.64. The Balaban J connectivity index is 2.88. The number of aryl methyl sites for hydroxylation is 2. The number of hydrogen-bond acceptors (Lipinski definition) is 2. The summed E-state index contributed by atoms with van der Waals surface area (Å²) < 4.78 is 0. The number of benzene rings is 1. The molecule has 1 aromatic carbocycles. The van der Waals surface area contributed by atoms with Crippen LogP contribution in [0.3, 0.4) is 0 Å². The fourth-order valence-corrected chi connectivity index (χ4v) is 1.90. The van der Waals surface area contributed by atoms with Gasteiger partial charge in [-0.25, -0.2) is 0 Å². The maximum absolute atomic E-state index is 12.1. The highest BCUT2D eigenvalue weighted by atomic mass is 16.1. The summed E-state index contributed by atoms with van der Waals surface area (Å²) in [5.74, 6) is -0.0330. The van der Waals surface area contributed by atoms with Crippen LogP contribution in [0.15, 0.2) is 18.2 Å². The Hall–Kier alpha value is -1.44. The van der Waals surface area contributed by atoms with Crippen LogP contribution in [0.5, 0.6) is 0 Å². The lowest BCUT2D eigenvalue weighted by Gasteiger charge is -2.10. The summed E-state index contributed by atoms with van der Waals surface area (Å²) in [7, 11) is 0. The molecule has 0 bridgehead atoms. The van der Waals surface area contributed by atoms with Gasteiger partial charge in [-0.3, -0.25) is 9.59 Å². The Kier molecular flexibility index (Phi) is 4.62. The molecule has 1 aromatic rings. The summed E-state index contributed by atoms with van der Waals surface area (Å²) in [4.78, 5) is 23.9. The van der Waals surface area contributed by atoms with Gasteiger partial charge in [0.1, 0.15) is 5.78 Å². The molecule has 2 nitrogen and oxygen atoms in total. The predicted octanol–water partition coefficient (Wildman–Crippen LogP) is 3.49. The van der Waals surface area contributed by atoms with Gasteiger partial charge in [0.25, 0.3) is 0 Å². The van der Waals surface area contributed by atoms with E-state index >= 15 is 0 Å². The van der Waals surface area contributed by atoms with Gasteiger partial charge >= 0.3 is 0 Å². The van der Waals surface area contributed by atoms with Gasteiger partial charge in [-0.05, 0) is 31.4 Å². The van der Waals surface area contributed by atoms with Gasteiger partial charge in [0.2, 0.25) is 0 Å². The highest BCUT2D eigenvalue weighted by Crippen LogP contribution is 2.17. The van der Waals surface area contributed by atoms with E-state index in [2.05, 4.69) is 0 Å². The molecule has 0 saturated carbocycles. The molecule has 0 aromatic heterocycles. The van der Waals surface area contributed by atoms with E-state index in [4.69, 9.17) is 0 Å². The first kappa shape index (κ1) is 13.6. The standard InChI is InChI=1S/C15H20O2/c1-5-10(2)13(16)9-14(17)15-11(3)7-6-8-12(15)4/h6-8,10H,5,9H2,1-4H3. The number of rotatable bonds is 5. The summed E-state index contributed by atoms with van der Waals surface area (Å²) in [6.45, 7) is 7.66. The lowest BCUT2D eigenvalue weighted by atomic mass is 9.92. The van der Waals surface area contributed by atoms with E-state index in [0.29, 0.717) is 5.56 Å². The van der Waals surface area contributed by atoms with E-state index in [0.717, 1.165) is 17.5 Å². The van der Waals surface area contributed by atoms with Crippen molar-refractivity contribution < 1.29 is 9.59 Å². The third kappa shape index (κ3) is 3.26. The molecule has 2 heteroatoms. The largest absolute Gasteiger partial charge is 0.299 e. The average Bonchev–Trinajstić information content (AvgIpc) is 2.27. The predicted molar refractivity (Wildman–Crippen MR) is 69.3 cm³/mol. The van der Waals surface area contributed by atoms with Crippen molar-refractivity contribution in [1.82, 2.24) is 0 Å². The zero-order valence-corrected chi connectivity index (χ0v) is 11.0. The van der Waals surface area contributed by atoms with Crippen LogP contribution in [0.25, 0.3) is 0 Å². The third-order valence-electron chi connectivity index (χ3n) is 3.26. The van der Waals surface area contributed by atoms with E-state index < -0.39 is 0 Å². The van der Waals surface area contributed by atoms with Crippen LogP contribution >= 0.6 is 0 Å². The van der Waals surface area contributed by atoms with Crippen molar-refractivity contribution in [2.24, 2.45) is 5.92 Å². The first-order valence-corrected chi connectivity index (χ1v) is 6.09. The van der Waals surface area contributed by atoms with Gasteiger partial charge in [0, 0.05) is 11.5 Å². The zero-order chi connectivity index (χ0) is 13.0. The minimum Gasteiger partial charge on any atom is -0.299 e. The third-order valence-corrected chi connectivity index (χ3v) is 3.26. The first-order chi connectivity index (χ1) is 7.97. The quantitative estimate of drug-likeness (QED) is 0.575. The Labute approximate surface area is 103 Å². The summed E-state index contributed by atoms with van der Waals surface area (Å²) in [5, 5.41) is 0. The second-order valence-corrected chi connectivity index (χ2v) is 4.64. The van der Waals surface area contributed by atoms with Crippen LogP contribution < -0.4 is 0 Å². The lowest BCUT2D eigenvalue weighted by Crippen LogP contribution is -2.16. The first-order valence-electron chi connectivity index (χ1n) is 6.09. The number of carbonyl (C=O) groups is 2. The number of Topliss-reactive ketones (excluding diaryl/α,β-unsaturated/α-hetero) is 2. The molecule has 0 amide bonds. The maximum atomic E-state index is 12.1. The normalized spacial score (nSPS) is 12.2. The molecule has 1 rings (SSSR count). The van der Waals surface area contributed by atoms with E-state index in [9.17, 15) is 9.59 Å². The lowest BCUT2D eigenvalue weighted by molar-refractivity contribution is -0.121. The maximum Gasteiger partial charge on any atom is 0.170 e. The van der Waals surface area contributed by atoms with Crippen LogP contribution in [0.2, 0.25) is 0 Å². The Morgan fingerprint density at radius 3 is 2.18 bits per heavy atom. The molecule has 0 aliphatic rings. The molecule has 0 spiro atoms. The van der Waals surface area contributed by atoms with Crippen molar-refractivity contribution in [2.45, 2.75) is 40.5 Å². The van der Waals surface area contributed by atoms with Crippen LogP contribution in [0.4, 0.5) is 0 Å². The fraction of sp³-hybridized carbons (Fsp3) is 0.467. The minimum absolute atomic E-state index is 0.0247. The van der Waals surface area contributed by atoms with Crippen LogP contribution in [-0.4, -0.2) is 11.6 Å². The summed E-state index contributed by atoms with van der Waals surface area (Å²) in [5.41, 5.74) is 2.61. The molecule has 0 N–H and O–H groups in total. The van der Waals surface area contributed by atoms with Gasteiger partial charge in [-0.15, -0.1) is 0 Å². The van der Waals surface area contributed by atoms with Gasteiger partial charge in [0.15, 0.2) is 5.78 Å². The van der Waals surface area contributed by atoms with Crippen molar-refractivity contribution >= 4 is 11.6 Å². The topological polar surface area (TPSA) is 34.1 Å². The number of carbonyl (C=O) groups excluding carboxylic acids is 2. The molecular formula is C15H20O2. The zero-order valence-electron chi connectivity index (χ0n) is 11.0. The van der Waals surface area contributed by atoms with E-state index in [1.807, 2.05) is 45.9 Å². The molecule has 0 radical (unpaired) electrons. The monoisotopic (exact) mass is 232 g/mol. The Bertz CT molecular complexity index is 412. The fourth-order valence-electron chi connectivity index (χ4n) is 1.90. The minimum atomic E-state index is -0.0501. The van der Waals surface area contributed by atoms with Crippen LogP contribution in [0.1, 0.15) is 48.2 Å². The number of hydrogen-bond donors (Lipinski definition) is 0. The van der Waals surface area contributed by atoms with Crippen LogP contribution in [0, 0.1) is 19.8 Å². The van der Waals surface area contributed by atoms with Crippen molar-refractivity contribution in [2.75, 3.05) is 0 Å². The SMILES string of the molecule is CCC(C)C(=O)CC(=O)c1c(C)cccc1C. The highest BCUT2D eigenvalue weighted by Gasteiger charge is 2.18. The van der Waals surface area contributed by atoms with E-state index in [-0.39, 0.29) is 23.9 Å². The summed E-state index contributed by atoms with van der Waals surface area (Å²) in [6, 6.07) is 5.75. The molecule has 17 heavy (non-hydrogen) atoms. The Morgan fingerprint density at radius 2 is 1.71 bits per heavy atom. The molecular weight excluding hydrogens is 212 g/mol. The molecule has 0 saturated heterocycles. The Morgan fingerprint density at radius 1 is 1.18 bits per heavy atom. The van der Waals surface area contributed by atoms with E-state index in [1.54, 1.807) is 0 Å². The molecule has 1 atom stereocenters. The second kappa shape index (κ2) is 5.76.